The highest BCUT2D eigenvalue weighted by molar-refractivity contribution is 7.99. The Bertz CT molecular complexity index is 1010. The average molecular weight is 490 g/mol. The second-order valence-corrected chi connectivity index (χ2v) is 10.3. The Hall–Kier alpha value is -1.64. The van der Waals surface area contributed by atoms with Crippen LogP contribution in [0.5, 0.6) is 0 Å². The summed E-state index contributed by atoms with van der Waals surface area (Å²) in [6.45, 7) is 5.13. The Morgan fingerprint density at radius 1 is 1.12 bits per heavy atom. The summed E-state index contributed by atoms with van der Waals surface area (Å²) < 4.78 is 6.45. The molecule has 2 heterocycles. The van der Waals surface area contributed by atoms with Gasteiger partial charge in [0, 0.05) is 37.5 Å². The Morgan fingerprint density at radius 3 is 2.72 bits per heavy atom. The zero-order valence-electron chi connectivity index (χ0n) is 18.0. The van der Waals surface area contributed by atoms with Gasteiger partial charge in [-0.2, -0.15) is 0 Å². The van der Waals surface area contributed by atoms with Crippen molar-refractivity contribution >= 4 is 56.0 Å². The minimum atomic E-state index is 0.135. The molecule has 0 atom stereocenters. The summed E-state index contributed by atoms with van der Waals surface area (Å²) >= 11 is 9.67. The van der Waals surface area contributed by atoms with Gasteiger partial charge >= 0.3 is 0 Å². The van der Waals surface area contributed by atoms with Gasteiger partial charge in [-0.15, -0.1) is 11.8 Å². The molecule has 0 saturated carbocycles. The molecule has 5 nitrogen and oxygen atoms in total. The van der Waals surface area contributed by atoms with Crippen molar-refractivity contribution in [2.24, 2.45) is 0 Å². The summed E-state index contributed by atoms with van der Waals surface area (Å²) in [5, 5.41) is 1.38. The van der Waals surface area contributed by atoms with E-state index in [1.54, 1.807) is 23.1 Å². The van der Waals surface area contributed by atoms with Gasteiger partial charge in [-0.1, -0.05) is 47.2 Å². The number of amides is 1. The van der Waals surface area contributed by atoms with Crippen LogP contribution in [0.15, 0.2) is 53.4 Å². The van der Waals surface area contributed by atoms with Gasteiger partial charge in [0.2, 0.25) is 5.91 Å². The second kappa shape index (κ2) is 12.0. The normalized spacial score (nSPS) is 14.7. The lowest BCUT2D eigenvalue weighted by atomic mass is 10.2. The predicted molar refractivity (Wildman–Crippen MR) is 135 cm³/mol. The summed E-state index contributed by atoms with van der Waals surface area (Å²) in [7, 11) is 0. The van der Waals surface area contributed by atoms with Crippen LogP contribution in [-0.2, 0) is 9.53 Å². The van der Waals surface area contributed by atoms with Gasteiger partial charge in [-0.3, -0.25) is 14.6 Å². The van der Waals surface area contributed by atoms with Crippen molar-refractivity contribution in [3.05, 3.63) is 53.6 Å². The SMILES string of the molecule is O=C(CCCSc1ccccc1)N(CCCN1CCOCC1)c1nc2c(Cl)cccc2s1. The van der Waals surface area contributed by atoms with E-state index in [4.69, 9.17) is 21.3 Å². The lowest BCUT2D eigenvalue weighted by Crippen LogP contribution is -2.39. The van der Waals surface area contributed by atoms with Crippen LogP contribution in [0.3, 0.4) is 0 Å². The molecule has 0 radical (unpaired) electrons. The molecule has 2 aromatic carbocycles. The van der Waals surface area contributed by atoms with Crippen LogP contribution in [0.2, 0.25) is 5.02 Å². The molecule has 3 aromatic rings. The van der Waals surface area contributed by atoms with E-state index in [0.717, 1.165) is 66.8 Å². The number of para-hydroxylation sites is 1. The first-order valence-electron chi connectivity index (χ1n) is 11.0. The molecule has 1 aromatic heterocycles. The molecule has 0 unspecified atom stereocenters. The van der Waals surface area contributed by atoms with Gasteiger partial charge in [-0.25, -0.2) is 4.98 Å². The van der Waals surface area contributed by atoms with Crippen LogP contribution in [0, 0.1) is 0 Å². The minimum absolute atomic E-state index is 0.135. The van der Waals surface area contributed by atoms with Crippen LogP contribution < -0.4 is 4.90 Å². The molecule has 0 bridgehead atoms. The monoisotopic (exact) mass is 489 g/mol. The van der Waals surface area contributed by atoms with Gasteiger partial charge in [0.15, 0.2) is 5.13 Å². The van der Waals surface area contributed by atoms with Crippen LogP contribution >= 0.6 is 34.7 Å². The first kappa shape index (κ1) is 23.5. The fourth-order valence-corrected chi connectivity index (χ4v) is 5.87. The van der Waals surface area contributed by atoms with Crippen molar-refractivity contribution in [1.82, 2.24) is 9.88 Å². The number of morpholine rings is 1. The van der Waals surface area contributed by atoms with Crippen molar-refractivity contribution < 1.29 is 9.53 Å². The van der Waals surface area contributed by atoms with Gasteiger partial charge in [0.25, 0.3) is 0 Å². The molecule has 1 amide bonds. The van der Waals surface area contributed by atoms with Crippen molar-refractivity contribution in [2.75, 3.05) is 50.0 Å². The lowest BCUT2D eigenvalue weighted by molar-refractivity contribution is -0.118. The number of anilines is 1. The Balaban J connectivity index is 1.38. The van der Waals surface area contributed by atoms with E-state index in [2.05, 4.69) is 17.0 Å². The molecule has 1 saturated heterocycles. The van der Waals surface area contributed by atoms with Crippen molar-refractivity contribution in [3.8, 4) is 0 Å². The number of thioether (sulfide) groups is 1. The minimum Gasteiger partial charge on any atom is -0.379 e. The quantitative estimate of drug-likeness (QED) is 0.275. The number of nitrogens with zero attached hydrogens (tertiary/aromatic N) is 3. The maximum atomic E-state index is 13.2. The molecule has 0 spiro atoms. The van der Waals surface area contributed by atoms with Crippen LogP contribution in [0.1, 0.15) is 19.3 Å². The average Bonchev–Trinajstić information content (AvgIpc) is 3.26. The number of halogens is 1. The number of benzene rings is 2. The highest BCUT2D eigenvalue weighted by Gasteiger charge is 2.21. The fourth-order valence-electron chi connectivity index (χ4n) is 3.69. The summed E-state index contributed by atoms with van der Waals surface area (Å²) in [5.41, 5.74) is 0.778. The van der Waals surface area contributed by atoms with E-state index < -0.39 is 0 Å². The number of hydrogen-bond donors (Lipinski definition) is 0. The lowest BCUT2D eigenvalue weighted by Gasteiger charge is -2.27. The maximum Gasteiger partial charge on any atom is 0.228 e. The highest BCUT2D eigenvalue weighted by atomic mass is 35.5. The Morgan fingerprint density at radius 2 is 1.94 bits per heavy atom. The number of rotatable bonds is 10. The number of aromatic nitrogens is 1. The molecule has 8 heteroatoms. The van der Waals surface area contributed by atoms with Crippen LogP contribution in [0.25, 0.3) is 10.2 Å². The molecule has 0 aliphatic carbocycles. The predicted octanol–water partition coefficient (Wildman–Crippen LogP) is 5.58. The molecule has 32 heavy (non-hydrogen) atoms. The maximum absolute atomic E-state index is 13.2. The topological polar surface area (TPSA) is 45.7 Å². The van der Waals surface area contributed by atoms with Gasteiger partial charge in [0.05, 0.1) is 22.9 Å². The molecule has 0 N–H and O–H groups in total. The van der Waals surface area contributed by atoms with E-state index in [9.17, 15) is 4.79 Å². The second-order valence-electron chi connectivity index (χ2n) is 7.70. The smallest absolute Gasteiger partial charge is 0.228 e. The summed E-state index contributed by atoms with van der Waals surface area (Å²) in [5.74, 6) is 1.05. The third kappa shape index (κ3) is 6.45. The number of carbonyl (C=O) groups excluding carboxylic acids is 1. The van der Waals surface area contributed by atoms with Gasteiger partial charge in [-0.05, 0) is 42.9 Å². The molecule has 1 fully saturated rings. The number of ether oxygens (including phenoxy) is 1. The van der Waals surface area contributed by atoms with E-state index in [1.807, 2.05) is 41.3 Å². The molecule has 170 valence electrons. The van der Waals surface area contributed by atoms with Crippen molar-refractivity contribution in [2.45, 2.75) is 24.2 Å². The fraction of sp³-hybridized carbons (Fsp3) is 0.417. The Labute approximate surface area is 202 Å². The summed E-state index contributed by atoms with van der Waals surface area (Å²) in [6.07, 6.45) is 2.26. The molecular weight excluding hydrogens is 462 g/mol. The van der Waals surface area contributed by atoms with Gasteiger partial charge in [0.1, 0.15) is 5.52 Å². The molecule has 1 aliphatic rings. The molecule has 4 rings (SSSR count). The number of thiazole rings is 1. The first-order valence-corrected chi connectivity index (χ1v) is 13.2. The third-order valence-corrected chi connectivity index (χ3v) is 7.84. The van der Waals surface area contributed by atoms with Crippen LogP contribution in [-0.4, -0.2) is 60.9 Å². The largest absolute Gasteiger partial charge is 0.379 e. The standard InChI is InChI=1S/C24H28ClN3O2S2/c25-20-9-4-10-21-23(20)26-24(32-21)28(13-6-12-27-14-16-30-17-15-27)22(29)11-5-18-31-19-7-2-1-3-8-19/h1-4,7-10H,5-6,11-18H2. The zero-order chi connectivity index (χ0) is 22.2. The van der Waals surface area contributed by atoms with Crippen molar-refractivity contribution in [1.29, 1.82) is 0 Å². The molecule has 1 aliphatic heterocycles. The molecular formula is C24H28ClN3O2S2. The van der Waals surface area contributed by atoms with Gasteiger partial charge < -0.3 is 4.74 Å². The van der Waals surface area contributed by atoms with E-state index in [0.29, 0.717) is 18.0 Å². The number of hydrogen-bond acceptors (Lipinski definition) is 6. The number of carbonyl (C=O) groups is 1. The first-order chi connectivity index (χ1) is 15.7. The third-order valence-electron chi connectivity index (χ3n) is 5.40. The zero-order valence-corrected chi connectivity index (χ0v) is 20.4. The highest BCUT2D eigenvalue weighted by Crippen LogP contribution is 2.33. The van der Waals surface area contributed by atoms with Crippen molar-refractivity contribution in [3.63, 3.8) is 0 Å². The number of fused-ring (bicyclic) bond motifs is 1. The van der Waals surface area contributed by atoms with E-state index in [-0.39, 0.29) is 5.91 Å². The Kier molecular flexibility index (Phi) is 8.82. The van der Waals surface area contributed by atoms with E-state index in [1.165, 1.54) is 4.90 Å². The van der Waals surface area contributed by atoms with E-state index >= 15 is 0 Å². The summed E-state index contributed by atoms with van der Waals surface area (Å²) in [6, 6.07) is 16.1. The summed E-state index contributed by atoms with van der Waals surface area (Å²) in [4.78, 5) is 23.5. The van der Waals surface area contributed by atoms with Crippen LogP contribution in [0.4, 0.5) is 5.13 Å².